The van der Waals surface area contributed by atoms with Crippen LogP contribution in [0, 0.1) is 11.3 Å². The van der Waals surface area contributed by atoms with E-state index < -0.39 is 0 Å². The first-order chi connectivity index (χ1) is 11.6. The van der Waals surface area contributed by atoms with Gasteiger partial charge in [-0.15, -0.1) is 0 Å². The van der Waals surface area contributed by atoms with Gasteiger partial charge in [-0.05, 0) is 24.3 Å². The lowest BCUT2D eigenvalue weighted by Gasteiger charge is -2.34. The van der Waals surface area contributed by atoms with Gasteiger partial charge in [-0.3, -0.25) is 9.69 Å². The number of fused-ring (bicyclic) bond motifs is 1. The highest BCUT2D eigenvalue weighted by atomic mass is 35.5. The van der Waals surface area contributed by atoms with Crippen molar-refractivity contribution in [1.29, 1.82) is 5.26 Å². The van der Waals surface area contributed by atoms with E-state index in [0.29, 0.717) is 17.1 Å². The fourth-order valence-electron chi connectivity index (χ4n) is 2.82. The second-order valence-corrected chi connectivity index (χ2v) is 6.08. The molecule has 0 saturated carbocycles. The number of pyridine rings is 1. The Kier molecular flexibility index (Phi) is 4.84. The summed E-state index contributed by atoms with van der Waals surface area (Å²) in [5.41, 5.74) is 1.32. The van der Waals surface area contributed by atoms with Crippen molar-refractivity contribution in [1.82, 2.24) is 9.88 Å². The van der Waals surface area contributed by atoms with Crippen molar-refractivity contribution in [2.24, 2.45) is 0 Å². The lowest BCUT2D eigenvalue weighted by molar-refractivity contribution is -0.142. The first-order valence-corrected chi connectivity index (χ1v) is 8.03. The second kappa shape index (κ2) is 7.04. The number of carbonyl (C=O) groups is 1. The van der Waals surface area contributed by atoms with E-state index in [4.69, 9.17) is 16.3 Å². The molecule has 1 fully saturated rings. The summed E-state index contributed by atoms with van der Waals surface area (Å²) < 4.78 is 4.70. The molecule has 124 valence electrons. The number of carbonyl (C=O) groups excluding carboxylic acids is 1. The lowest BCUT2D eigenvalue weighted by Crippen LogP contribution is -2.48. The Hall–Kier alpha value is -2.36. The number of halogens is 1. The van der Waals surface area contributed by atoms with Gasteiger partial charge in [0.1, 0.15) is 5.82 Å². The number of hydrogen-bond donors (Lipinski definition) is 0. The Bertz CT molecular complexity index is 810. The maximum atomic E-state index is 11.4. The van der Waals surface area contributed by atoms with Crippen LogP contribution in [0.25, 0.3) is 10.9 Å². The summed E-state index contributed by atoms with van der Waals surface area (Å²) in [6, 6.07) is 9.39. The fourth-order valence-corrected chi connectivity index (χ4v) is 2.99. The fraction of sp³-hybridized carbons (Fsp3) is 0.353. The van der Waals surface area contributed by atoms with Crippen LogP contribution in [0.15, 0.2) is 24.3 Å². The van der Waals surface area contributed by atoms with Crippen molar-refractivity contribution in [3.05, 3.63) is 34.9 Å². The Morgan fingerprint density at radius 2 is 2.08 bits per heavy atom. The molecule has 0 amide bonds. The molecule has 0 unspecified atom stereocenters. The molecular formula is C17H17ClN4O2. The number of rotatable bonds is 3. The van der Waals surface area contributed by atoms with E-state index in [1.54, 1.807) is 18.2 Å². The van der Waals surface area contributed by atoms with Crippen molar-refractivity contribution < 1.29 is 9.53 Å². The van der Waals surface area contributed by atoms with Gasteiger partial charge in [0.15, 0.2) is 0 Å². The SMILES string of the molecule is COC(=O)CN1CCN(c2cc(C#N)c3cc(Cl)ccc3n2)CC1. The van der Waals surface area contributed by atoms with Crippen LogP contribution in [0.2, 0.25) is 5.02 Å². The summed E-state index contributed by atoms with van der Waals surface area (Å²) in [5.74, 6) is 0.551. The molecule has 6 nitrogen and oxygen atoms in total. The number of ether oxygens (including phenoxy) is 1. The molecule has 2 heterocycles. The molecular weight excluding hydrogens is 328 g/mol. The molecule has 0 bridgehead atoms. The van der Waals surface area contributed by atoms with Gasteiger partial charge in [0.25, 0.3) is 0 Å². The number of piperazine rings is 1. The topological polar surface area (TPSA) is 69.5 Å². The first kappa shape index (κ1) is 16.5. The Morgan fingerprint density at radius 3 is 2.75 bits per heavy atom. The van der Waals surface area contributed by atoms with Crippen LogP contribution in [0.4, 0.5) is 5.82 Å². The zero-order valence-corrected chi connectivity index (χ0v) is 14.1. The highest BCUT2D eigenvalue weighted by Gasteiger charge is 2.21. The molecule has 24 heavy (non-hydrogen) atoms. The predicted octanol–water partition coefficient (Wildman–Crippen LogP) is 2.05. The molecule has 1 saturated heterocycles. The molecule has 0 spiro atoms. The normalized spacial score (nSPS) is 15.3. The summed E-state index contributed by atoms with van der Waals surface area (Å²) in [5, 5.41) is 10.8. The number of nitriles is 1. The third-order valence-corrected chi connectivity index (χ3v) is 4.39. The van der Waals surface area contributed by atoms with Gasteiger partial charge in [-0.1, -0.05) is 11.6 Å². The molecule has 1 aromatic carbocycles. The van der Waals surface area contributed by atoms with E-state index in [1.165, 1.54) is 7.11 Å². The van der Waals surface area contributed by atoms with Crippen LogP contribution < -0.4 is 4.90 Å². The monoisotopic (exact) mass is 344 g/mol. The van der Waals surface area contributed by atoms with Crippen molar-refractivity contribution in [2.75, 3.05) is 44.7 Å². The molecule has 7 heteroatoms. The van der Waals surface area contributed by atoms with Crippen LogP contribution in [-0.2, 0) is 9.53 Å². The molecule has 2 aromatic rings. The zero-order valence-electron chi connectivity index (χ0n) is 13.3. The Labute approximate surface area is 145 Å². The highest BCUT2D eigenvalue weighted by Crippen LogP contribution is 2.26. The van der Waals surface area contributed by atoms with E-state index >= 15 is 0 Å². The smallest absolute Gasteiger partial charge is 0.319 e. The van der Waals surface area contributed by atoms with E-state index in [1.807, 2.05) is 11.0 Å². The van der Waals surface area contributed by atoms with Gasteiger partial charge in [-0.2, -0.15) is 5.26 Å². The lowest BCUT2D eigenvalue weighted by atomic mass is 10.1. The summed E-state index contributed by atoms with van der Waals surface area (Å²) in [4.78, 5) is 20.2. The molecule has 0 N–H and O–H groups in total. The van der Waals surface area contributed by atoms with Gasteiger partial charge >= 0.3 is 5.97 Å². The van der Waals surface area contributed by atoms with E-state index in [0.717, 1.165) is 42.9 Å². The number of hydrogen-bond acceptors (Lipinski definition) is 6. The molecule has 1 aromatic heterocycles. The summed E-state index contributed by atoms with van der Waals surface area (Å²) >= 11 is 6.01. The summed E-state index contributed by atoms with van der Waals surface area (Å²) in [7, 11) is 1.40. The van der Waals surface area contributed by atoms with Gasteiger partial charge < -0.3 is 9.64 Å². The summed E-state index contributed by atoms with van der Waals surface area (Å²) in [6.07, 6.45) is 0. The number of nitrogens with zero attached hydrogens (tertiary/aromatic N) is 4. The number of methoxy groups -OCH3 is 1. The molecule has 0 atom stereocenters. The predicted molar refractivity (Wildman–Crippen MR) is 92.1 cm³/mol. The molecule has 0 radical (unpaired) electrons. The number of anilines is 1. The van der Waals surface area contributed by atoms with Crippen LogP contribution in [0.1, 0.15) is 5.56 Å². The molecule has 1 aliphatic heterocycles. The van der Waals surface area contributed by atoms with Crippen LogP contribution in [0.5, 0.6) is 0 Å². The third-order valence-electron chi connectivity index (χ3n) is 4.15. The quantitative estimate of drug-likeness (QED) is 0.794. The van der Waals surface area contributed by atoms with Crippen molar-refractivity contribution in [3.8, 4) is 6.07 Å². The van der Waals surface area contributed by atoms with Crippen LogP contribution >= 0.6 is 11.6 Å². The molecule has 1 aliphatic rings. The first-order valence-electron chi connectivity index (χ1n) is 7.65. The van der Waals surface area contributed by atoms with Crippen molar-refractivity contribution in [2.45, 2.75) is 0 Å². The number of esters is 1. The Morgan fingerprint density at radius 1 is 1.33 bits per heavy atom. The third kappa shape index (κ3) is 3.42. The molecule has 0 aliphatic carbocycles. The maximum Gasteiger partial charge on any atom is 0.319 e. The highest BCUT2D eigenvalue weighted by molar-refractivity contribution is 6.31. The summed E-state index contributed by atoms with van der Waals surface area (Å²) in [6.45, 7) is 3.29. The minimum atomic E-state index is -0.226. The number of benzene rings is 1. The van der Waals surface area contributed by atoms with Gasteiger partial charge in [-0.25, -0.2) is 4.98 Å². The number of aromatic nitrogens is 1. The van der Waals surface area contributed by atoms with Gasteiger partial charge in [0, 0.05) is 36.6 Å². The molecule has 3 rings (SSSR count). The largest absolute Gasteiger partial charge is 0.468 e. The minimum absolute atomic E-state index is 0.226. The average Bonchev–Trinajstić information content (AvgIpc) is 2.61. The maximum absolute atomic E-state index is 11.4. The van der Waals surface area contributed by atoms with Gasteiger partial charge in [0.2, 0.25) is 0 Å². The van der Waals surface area contributed by atoms with Crippen LogP contribution in [0.3, 0.4) is 0 Å². The Balaban J connectivity index is 1.80. The van der Waals surface area contributed by atoms with Crippen LogP contribution in [-0.4, -0.2) is 55.7 Å². The minimum Gasteiger partial charge on any atom is -0.468 e. The standard InChI is InChI=1S/C17H17ClN4O2/c1-24-17(23)11-21-4-6-22(7-5-21)16-8-12(10-19)14-9-13(18)2-3-15(14)20-16/h2-3,8-9H,4-7,11H2,1H3. The van der Waals surface area contributed by atoms with Crippen molar-refractivity contribution >= 4 is 34.3 Å². The van der Waals surface area contributed by atoms with Gasteiger partial charge in [0.05, 0.1) is 30.8 Å². The van der Waals surface area contributed by atoms with E-state index in [9.17, 15) is 10.1 Å². The zero-order chi connectivity index (χ0) is 17.1. The average molecular weight is 345 g/mol. The second-order valence-electron chi connectivity index (χ2n) is 5.64. The van der Waals surface area contributed by atoms with E-state index in [-0.39, 0.29) is 5.97 Å². The van der Waals surface area contributed by atoms with Crippen molar-refractivity contribution in [3.63, 3.8) is 0 Å². The van der Waals surface area contributed by atoms with E-state index in [2.05, 4.69) is 16.0 Å².